The largest absolute Gasteiger partial charge is 0.456 e. The van der Waals surface area contributed by atoms with E-state index in [0.29, 0.717) is 45.9 Å². The first-order valence-corrected chi connectivity index (χ1v) is 9.80. The number of carbonyl (C=O) groups is 1. The number of nitriles is 1. The molecular formula is C21H15ClN2O3S. The van der Waals surface area contributed by atoms with Crippen LogP contribution in [-0.2, 0) is 17.8 Å². The van der Waals surface area contributed by atoms with E-state index in [1.54, 1.807) is 42.5 Å². The van der Waals surface area contributed by atoms with Gasteiger partial charge in [-0.05, 0) is 54.1 Å². The lowest BCUT2D eigenvalue weighted by Gasteiger charge is -2.10. The van der Waals surface area contributed by atoms with Crippen LogP contribution in [0.15, 0.2) is 48.5 Å². The van der Waals surface area contributed by atoms with Crippen molar-refractivity contribution in [2.24, 2.45) is 0 Å². The molecule has 0 spiro atoms. The zero-order chi connectivity index (χ0) is 19.5. The zero-order valence-electron chi connectivity index (χ0n) is 14.7. The Kier molecular flexibility index (Phi) is 5.31. The van der Waals surface area contributed by atoms with E-state index in [9.17, 15) is 4.79 Å². The first-order valence-electron chi connectivity index (χ1n) is 8.60. The molecule has 1 aliphatic rings. The van der Waals surface area contributed by atoms with Crippen molar-refractivity contribution in [1.29, 1.82) is 5.26 Å². The normalized spacial score (nSPS) is 12.7. The SMILES string of the molecule is N#Cc1ccc(Oc2ccc(NC(=O)c3cc4c(s3)CCOC4)cc2Cl)cc1. The van der Waals surface area contributed by atoms with Gasteiger partial charge in [-0.25, -0.2) is 0 Å². The number of hydrogen-bond donors (Lipinski definition) is 1. The number of carbonyl (C=O) groups excluding carboxylic acids is 1. The van der Waals surface area contributed by atoms with Crippen molar-refractivity contribution in [2.75, 3.05) is 11.9 Å². The Hall–Kier alpha value is -2.85. The van der Waals surface area contributed by atoms with Crippen LogP contribution in [0.5, 0.6) is 11.5 Å². The lowest BCUT2D eigenvalue weighted by molar-refractivity contribution is 0.102. The average molecular weight is 411 g/mol. The van der Waals surface area contributed by atoms with Crippen LogP contribution in [0.2, 0.25) is 5.02 Å². The number of thiophene rings is 1. The molecule has 4 rings (SSSR count). The van der Waals surface area contributed by atoms with Crippen LogP contribution in [0.25, 0.3) is 0 Å². The fourth-order valence-corrected chi connectivity index (χ4v) is 4.10. The molecule has 1 amide bonds. The van der Waals surface area contributed by atoms with Gasteiger partial charge in [0.2, 0.25) is 0 Å². The topological polar surface area (TPSA) is 71.3 Å². The number of nitrogens with zero attached hydrogens (tertiary/aromatic N) is 1. The van der Waals surface area contributed by atoms with Crippen LogP contribution in [-0.4, -0.2) is 12.5 Å². The summed E-state index contributed by atoms with van der Waals surface area (Å²) < 4.78 is 11.2. The molecule has 0 saturated carbocycles. The van der Waals surface area contributed by atoms with E-state index in [-0.39, 0.29) is 5.91 Å². The third-order valence-corrected chi connectivity index (χ3v) is 5.78. The lowest BCUT2D eigenvalue weighted by atomic mass is 10.2. The van der Waals surface area contributed by atoms with Crippen molar-refractivity contribution in [1.82, 2.24) is 0 Å². The summed E-state index contributed by atoms with van der Waals surface area (Å²) in [5, 5.41) is 12.1. The number of halogens is 1. The van der Waals surface area contributed by atoms with Gasteiger partial charge in [0.15, 0.2) is 0 Å². The fourth-order valence-electron chi connectivity index (χ4n) is 2.84. The Bertz CT molecular complexity index is 1050. The smallest absolute Gasteiger partial charge is 0.265 e. The minimum atomic E-state index is -0.170. The number of hydrogen-bond acceptors (Lipinski definition) is 5. The predicted octanol–water partition coefficient (Wildman–Crippen LogP) is 5.39. The molecule has 0 saturated heterocycles. The summed E-state index contributed by atoms with van der Waals surface area (Å²) in [5.74, 6) is 0.869. The molecule has 1 aromatic heterocycles. The van der Waals surface area contributed by atoms with E-state index in [2.05, 4.69) is 11.4 Å². The molecular weight excluding hydrogens is 396 g/mol. The number of nitrogens with one attached hydrogen (secondary N) is 1. The van der Waals surface area contributed by atoms with Crippen molar-refractivity contribution in [3.8, 4) is 17.6 Å². The fraction of sp³-hybridized carbons (Fsp3) is 0.143. The second kappa shape index (κ2) is 8.03. The summed E-state index contributed by atoms with van der Waals surface area (Å²) in [5.41, 5.74) is 2.23. The molecule has 2 heterocycles. The number of benzene rings is 2. The van der Waals surface area contributed by atoms with E-state index < -0.39 is 0 Å². The van der Waals surface area contributed by atoms with Gasteiger partial charge in [0, 0.05) is 17.0 Å². The Morgan fingerprint density at radius 2 is 2.04 bits per heavy atom. The van der Waals surface area contributed by atoms with Gasteiger partial charge in [-0.3, -0.25) is 4.79 Å². The van der Waals surface area contributed by atoms with Crippen molar-refractivity contribution in [2.45, 2.75) is 13.0 Å². The van der Waals surface area contributed by atoms with E-state index in [0.717, 1.165) is 12.0 Å². The molecule has 2 aromatic carbocycles. The Morgan fingerprint density at radius 3 is 2.75 bits per heavy atom. The summed E-state index contributed by atoms with van der Waals surface area (Å²) >= 11 is 7.81. The van der Waals surface area contributed by atoms with Crippen LogP contribution in [0.1, 0.15) is 25.7 Å². The quantitative estimate of drug-likeness (QED) is 0.625. The summed E-state index contributed by atoms with van der Waals surface area (Å²) in [6.07, 6.45) is 0.848. The maximum Gasteiger partial charge on any atom is 0.265 e. The molecule has 1 N–H and O–H groups in total. The standard InChI is InChI=1S/C21H15ClN2O3S/c22-17-10-15(3-6-18(17)27-16-4-1-13(11-23)2-5-16)24-21(25)20-9-14-12-26-8-7-19(14)28-20/h1-6,9-10H,7-8,12H2,(H,24,25). The second-order valence-electron chi connectivity index (χ2n) is 6.20. The third kappa shape index (κ3) is 4.02. The van der Waals surface area contributed by atoms with Gasteiger partial charge >= 0.3 is 0 Å². The minimum Gasteiger partial charge on any atom is -0.456 e. The molecule has 140 valence electrons. The Morgan fingerprint density at radius 1 is 1.21 bits per heavy atom. The number of fused-ring (bicyclic) bond motifs is 1. The van der Waals surface area contributed by atoms with Gasteiger partial charge in [-0.15, -0.1) is 11.3 Å². The number of amides is 1. The average Bonchev–Trinajstić information content (AvgIpc) is 3.15. The van der Waals surface area contributed by atoms with Crippen LogP contribution in [0.3, 0.4) is 0 Å². The van der Waals surface area contributed by atoms with Gasteiger partial charge in [-0.2, -0.15) is 5.26 Å². The molecule has 0 aliphatic carbocycles. The first-order chi connectivity index (χ1) is 13.6. The van der Waals surface area contributed by atoms with Crippen molar-refractivity contribution < 1.29 is 14.3 Å². The second-order valence-corrected chi connectivity index (χ2v) is 7.74. The summed E-state index contributed by atoms with van der Waals surface area (Å²) in [6.45, 7) is 1.26. The molecule has 3 aromatic rings. The summed E-state index contributed by atoms with van der Waals surface area (Å²) in [4.78, 5) is 14.4. The molecule has 0 radical (unpaired) electrons. The van der Waals surface area contributed by atoms with E-state index in [1.807, 2.05) is 6.07 Å². The lowest BCUT2D eigenvalue weighted by Crippen LogP contribution is -2.10. The summed E-state index contributed by atoms with van der Waals surface area (Å²) in [7, 11) is 0. The van der Waals surface area contributed by atoms with E-state index >= 15 is 0 Å². The minimum absolute atomic E-state index is 0.170. The molecule has 0 bridgehead atoms. The molecule has 0 fully saturated rings. The highest BCUT2D eigenvalue weighted by atomic mass is 35.5. The zero-order valence-corrected chi connectivity index (χ0v) is 16.3. The van der Waals surface area contributed by atoms with Gasteiger partial charge < -0.3 is 14.8 Å². The first kappa shape index (κ1) is 18.5. The molecule has 7 heteroatoms. The van der Waals surface area contributed by atoms with Gasteiger partial charge in [0.25, 0.3) is 5.91 Å². The van der Waals surface area contributed by atoms with Crippen molar-refractivity contribution in [3.05, 3.63) is 74.4 Å². The number of rotatable bonds is 4. The molecule has 0 unspecified atom stereocenters. The summed E-state index contributed by atoms with van der Waals surface area (Å²) in [6, 6.07) is 15.8. The highest BCUT2D eigenvalue weighted by Gasteiger charge is 2.18. The van der Waals surface area contributed by atoms with Crippen LogP contribution in [0.4, 0.5) is 5.69 Å². The predicted molar refractivity (Wildman–Crippen MR) is 108 cm³/mol. The van der Waals surface area contributed by atoms with Crippen LogP contribution in [0, 0.1) is 11.3 Å². The van der Waals surface area contributed by atoms with Gasteiger partial charge in [0.1, 0.15) is 11.5 Å². The highest BCUT2D eigenvalue weighted by Crippen LogP contribution is 2.32. The molecule has 0 atom stereocenters. The number of ether oxygens (including phenoxy) is 2. The number of anilines is 1. The van der Waals surface area contributed by atoms with Gasteiger partial charge in [-0.1, -0.05) is 11.6 Å². The van der Waals surface area contributed by atoms with E-state index in [4.69, 9.17) is 26.3 Å². The molecule has 28 heavy (non-hydrogen) atoms. The van der Waals surface area contributed by atoms with Crippen LogP contribution < -0.4 is 10.1 Å². The Labute approximate surface area is 171 Å². The highest BCUT2D eigenvalue weighted by molar-refractivity contribution is 7.14. The monoisotopic (exact) mass is 410 g/mol. The molecule has 5 nitrogen and oxygen atoms in total. The Balaban J connectivity index is 1.45. The van der Waals surface area contributed by atoms with Crippen molar-refractivity contribution >= 4 is 34.5 Å². The van der Waals surface area contributed by atoms with Gasteiger partial charge in [0.05, 0.1) is 34.7 Å². The maximum absolute atomic E-state index is 12.5. The van der Waals surface area contributed by atoms with Crippen molar-refractivity contribution in [3.63, 3.8) is 0 Å². The third-order valence-electron chi connectivity index (χ3n) is 4.25. The van der Waals surface area contributed by atoms with Crippen LogP contribution >= 0.6 is 22.9 Å². The maximum atomic E-state index is 12.5. The molecule has 1 aliphatic heterocycles. The van der Waals surface area contributed by atoms with E-state index in [1.165, 1.54) is 16.2 Å².